The molecule has 8 nitrogen and oxygen atoms in total. The lowest BCUT2D eigenvalue weighted by Crippen LogP contribution is -2.32. The van der Waals surface area contributed by atoms with Crippen molar-refractivity contribution >= 4 is 17.7 Å². The minimum Gasteiger partial charge on any atom is -0.493 e. The molecule has 204 valence electrons. The topological polar surface area (TPSA) is 92.3 Å². The van der Waals surface area contributed by atoms with Crippen LogP contribution in [-0.2, 0) is 31.8 Å². The van der Waals surface area contributed by atoms with E-state index in [1.165, 1.54) is 7.11 Å². The van der Waals surface area contributed by atoms with Gasteiger partial charge in [0.05, 0.1) is 20.8 Å². The molecule has 1 N–H and O–H groups in total. The van der Waals surface area contributed by atoms with Crippen LogP contribution in [-0.4, -0.2) is 57.4 Å². The Hall–Kier alpha value is -3.47. The van der Waals surface area contributed by atoms with Gasteiger partial charge in [-0.25, -0.2) is 9.59 Å². The fraction of sp³-hybridized carbons (Fsp3) is 0.462. The van der Waals surface area contributed by atoms with Gasteiger partial charge in [-0.2, -0.15) is 13.2 Å². The Balaban J connectivity index is 1.94. The highest BCUT2D eigenvalue weighted by molar-refractivity contribution is 5.84. The van der Waals surface area contributed by atoms with Crippen LogP contribution in [0.2, 0.25) is 0 Å². The molecule has 11 heteroatoms. The lowest BCUT2D eigenvalue weighted by molar-refractivity contribution is -0.193. The molecule has 0 spiro atoms. The Morgan fingerprint density at radius 2 is 1.59 bits per heavy atom. The normalized spacial score (nSPS) is 12.4. The molecule has 0 aliphatic heterocycles. The maximum atomic E-state index is 12.5. The van der Waals surface area contributed by atoms with Gasteiger partial charge >= 0.3 is 18.2 Å². The minimum absolute atomic E-state index is 0.136. The van der Waals surface area contributed by atoms with Crippen molar-refractivity contribution in [2.45, 2.75) is 51.5 Å². The minimum atomic E-state index is -4.57. The van der Waals surface area contributed by atoms with Crippen molar-refractivity contribution in [3.05, 3.63) is 53.6 Å². The van der Waals surface area contributed by atoms with E-state index in [0.717, 1.165) is 12.7 Å². The fourth-order valence-electron chi connectivity index (χ4n) is 3.16. The van der Waals surface area contributed by atoms with Crippen LogP contribution in [0.3, 0.4) is 0 Å². The van der Waals surface area contributed by atoms with Crippen molar-refractivity contribution < 1.29 is 46.4 Å². The second kappa shape index (κ2) is 13.2. The van der Waals surface area contributed by atoms with Crippen LogP contribution in [0.1, 0.15) is 31.9 Å². The molecule has 0 fully saturated rings. The van der Waals surface area contributed by atoms with Crippen molar-refractivity contribution in [3.63, 3.8) is 0 Å². The molecule has 0 saturated heterocycles. The Bertz CT molecular complexity index is 1030. The van der Waals surface area contributed by atoms with Crippen LogP contribution < -0.4 is 14.8 Å². The maximum Gasteiger partial charge on any atom is 0.412 e. The zero-order valence-electron chi connectivity index (χ0n) is 21.4. The highest BCUT2D eigenvalue weighted by Gasteiger charge is 2.32. The van der Waals surface area contributed by atoms with Gasteiger partial charge in [0.15, 0.2) is 17.6 Å². The van der Waals surface area contributed by atoms with Crippen LogP contribution in [0.25, 0.3) is 0 Å². The largest absolute Gasteiger partial charge is 0.493 e. The molecule has 1 amide bonds. The summed E-state index contributed by atoms with van der Waals surface area (Å²) in [6.07, 6.45) is -6.10. The van der Waals surface area contributed by atoms with Crippen molar-refractivity contribution in [1.82, 2.24) is 0 Å². The van der Waals surface area contributed by atoms with Gasteiger partial charge in [-0.1, -0.05) is 18.2 Å². The third-order valence-corrected chi connectivity index (χ3v) is 4.81. The summed E-state index contributed by atoms with van der Waals surface area (Å²) in [6.45, 7) is 4.09. The van der Waals surface area contributed by atoms with E-state index in [1.807, 2.05) is 12.1 Å². The van der Waals surface area contributed by atoms with E-state index in [0.29, 0.717) is 35.8 Å². The van der Waals surface area contributed by atoms with Gasteiger partial charge in [0.1, 0.15) is 12.2 Å². The number of benzene rings is 2. The molecule has 0 aliphatic carbocycles. The molecule has 2 rings (SSSR count). The first-order valence-corrected chi connectivity index (χ1v) is 11.4. The number of nitrogens with one attached hydrogen (secondary N) is 1. The van der Waals surface area contributed by atoms with Crippen LogP contribution >= 0.6 is 0 Å². The number of halogens is 3. The summed E-state index contributed by atoms with van der Waals surface area (Å²) in [4.78, 5) is 23.7. The maximum absolute atomic E-state index is 12.5. The van der Waals surface area contributed by atoms with Gasteiger partial charge in [0.2, 0.25) is 0 Å². The summed E-state index contributed by atoms with van der Waals surface area (Å²) in [7, 11) is 2.51. The first-order chi connectivity index (χ1) is 17.3. The van der Waals surface area contributed by atoms with E-state index in [2.05, 4.69) is 10.1 Å². The Kier molecular flexibility index (Phi) is 10.6. The molecule has 37 heavy (non-hydrogen) atoms. The highest BCUT2D eigenvalue weighted by atomic mass is 19.4. The third-order valence-electron chi connectivity index (χ3n) is 4.81. The third kappa shape index (κ3) is 11.0. The molecule has 0 aliphatic rings. The second-order valence-electron chi connectivity index (χ2n) is 9.05. The van der Waals surface area contributed by atoms with Crippen LogP contribution in [0.4, 0.5) is 23.7 Å². The predicted octanol–water partition coefficient (Wildman–Crippen LogP) is 5.33. The molecule has 2 aromatic carbocycles. The Morgan fingerprint density at radius 3 is 2.16 bits per heavy atom. The average molecular weight is 528 g/mol. The van der Waals surface area contributed by atoms with Crippen molar-refractivity contribution in [1.29, 1.82) is 0 Å². The highest BCUT2D eigenvalue weighted by Crippen LogP contribution is 2.29. The van der Waals surface area contributed by atoms with Crippen molar-refractivity contribution in [2.24, 2.45) is 0 Å². The van der Waals surface area contributed by atoms with E-state index < -0.39 is 36.6 Å². The number of amides is 1. The van der Waals surface area contributed by atoms with Gasteiger partial charge in [0, 0.05) is 18.5 Å². The smallest absolute Gasteiger partial charge is 0.412 e. The molecule has 0 heterocycles. The van der Waals surface area contributed by atoms with Gasteiger partial charge < -0.3 is 23.7 Å². The number of hydrogen-bond donors (Lipinski definition) is 1. The molecule has 1 unspecified atom stereocenters. The zero-order valence-corrected chi connectivity index (χ0v) is 21.4. The van der Waals surface area contributed by atoms with Gasteiger partial charge in [-0.15, -0.1) is 0 Å². The van der Waals surface area contributed by atoms with E-state index in [1.54, 1.807) is 51.1 Å². The number of esters is 1. The number of carbonyl (C=O) groups excluding carboxylic acids is 2. The van der Waals surface area contributed by atoms with E-state index in [4.69, 9.17) is 18.9 Å². The molecule has 0 aromatic heterocycles. The number of alkyl halides is 3. The lowest BCUT2D eigenvalue weighted by atomic mass is 10.1. The fourth-order valence-corrected chi connectivity index (χ4v) is 3.16. The SMILES string of the molecule is COC(=O)C(Cc1ccc(OCCc2ccc(NC(=O)OC(C)(C)C)cc2)c(OC)c1)OCC(F)(F)F. The zero-order chi connectivity index (χ0) is 27.6. The second-order valence-corrected chi connectivity index (χ2v) is 9.05. The summed E-state index contributed by atoms with van der Waals surface area (Å²) in [5.74, 6) is -0.120. The first-order valence-electron chi connectivity index (χ1n) is 11.4. The van der Waals surface area contributed by atoms with Crippen LogP contribution in [0, 0.1) is 0 Å². The van der Waals surface area contributed by atoms with Gasteiger partial charge in [0.25, 0.3) is 0 Å². The van der Waals surface area contributed by atoms with Crippen molar-refractivity contribution in [3.8, 4) is 11.5 Å². The van der Waals surface area contributed by atoms with Crippen LogP contribution in [0.15, 0.2) is 42.5 Å². The molecule has 1 atom stereocenters. The van der Waals surface area contributed by atoms with Gasteiger partial charge in [-0.05, 0) is 56.2 Å². The lowest BCUT2D eigenvalue weighted by Gasteiger charge is -2.19. The van der Waals surface area contributed by atoms with E-state index in [-0.39, 0.29) is 6.42 Å². The van der Waals surface area contributed by atoms with Crippen LogP contribution in [0.5, 0.6) is 11.5 Å². The quantitative estimate of drug-likeness (QED) is 0.395. The number of ether oxygens (including phenoxy) is 5. The predicted molar refractivity (Wildman–Crippen MR) is 130 cm³/mol. The number of rotatable bonds is 11. The van der Waals surface area contributed by atoms with E-state index in [9.17, 15) is 22.8 Å². The van der Waals surface area contributed by atoms with Gasteiger partial charge in [-0.3, -0.25) is 5.32 Å². The molecular weight excluding hydrogens is 495 g/mol. The molecule has 0 radical (unpaired) electrons. The molecular formula is C26H32F3NO7. The molecule has 0 bridgehead atoms. The average Bonchev–Trinajstić information content (AvgIpc) is 2.81. The van der Waals surface area contributed by atoms with Crippen molar-refractivity contribution in [2.75, 3.05) is 32.8 Å². The number of hydrogen-bond acceptors (Lipinski definition) is 7. The number of anilines is 1. The monoisotopic (exact) mass is 527 g/mol. The molecule has 2 aromatic rings. The Morgan fingerprint density at radius 1 is 0.946 bits per heavy atom. The summed E-state index contributed by atoms with van der Waals surface area (Å²) in [6, 6.07) is 12.0. The molecule has 0 saturated carbocycles. The number of methoxy groups -OCH3 is 2. The summed E-state index contributed by atoms with van der Waals surface area (Å²) < 4.78 is 63.2. The summed E-state index contributed by atoms with van der Waals surface area (Å²) in [5.41, 5.74) is 1.48. The summed E-state index contributed by atoms with van der Waals surface area (Å²) >= 11 is 0. The van der Waals surface area contributed by atoms with E-state index >= 15 is 0 Å². The summed E-state index contributed by atoms with van der Waals surface area (Å²) in [5, 5.41) is 2.66. The Labute approximate surface area is 214 Å². The first kappa shape index (κ1) is 29.8. The number of carbonyl (C=O) groups is 2. The standard InChI is InChI=1S/C26H32F3NO7/c1-25(2,3)37-24(32)30-19-9-6-17(7-10-19)12-13-35-20-11-8-18(14-21(20)33-4)15-22(23(31)34-5)36-16-26(27,28)29/h6-11,14,22H,12-13,15-16H2,1-5H3,(H,30,32).